The molecule has 2 aromatic heterocycles. The largest absolute Gasteiger partial charge is 0.326 e. The maximum Gasteiger partial charge on any atom is 0.225 e. The fraction of sp³-hybridized carbons (Fsp3) is 0.333. The first-order valence-electron chi connectivity index (χ1n) is 8.03. The summed E-state index contributed by atoms with van der Waals surface area (Å²) in [5, 5.41) is 8.36. The summed E-state index contributed by atoms with van der Waals surface area (Å²) in [7, 11) is 0. The van der Waals surface area contributed by atoms with Crippen molar-refractivity contribution in [2.75, 3.05) is 5.32 Å². The zero-order valence-corrected chi connectivity index (χ0v) is 15.0. The molecule has 1 atom stereocenters. The number of fused-ring (bicyclic) bond motifs is 1. The Kier molecular flexibility index (Phi) is 4.97. The minimum Gasteiger partial charge on any atom is -0.326 e. The molecule has 1 aromatic carbocycles. The molecular formula is C18H22N4OS. The molecule has 6 heteroatoms. The van der Waals surface area contributed by atoms with Crippen molar-refractivity contribution >= 4 is 27.9 Å². The predicted molar refractivity (Wildman–Crippen MR) is 98.5 cm³/mol. The lowest BCUT2D eigenvalue weighted by molar-refractivity contribution is -0.116. The SMILES string of the molecule is Cc1ccc(NC(=O)C[C@H](C)NCc2cn3ccsc3n2)c(C)c1. The quantitative estimate of drug-likeness (QED) is 0.720. The summed E-state index contributed by atoms with van der Waals surface area (Å²) in [4.78, 5) is 17.7. The molecule has 0 spiro atoms. The number of benzene rings is 1. The van der Waals surface area contributed by atoms with Crippen LogP contribution < -0.4 is 10.6 Å². The summed E-state index contributed by atoms with van der Waals surface area (Å²) in [5.74, 6) is 0.0211. The van der Waals surface area contributed by atoms with Crippen molar-refractivity contribution in [3.8, 4) is 0 Å². The van der Waals surface area contributed by atoms with Gasteiger partial charge in [-0.1, -0.05) is 17.7 Å². The molecule has 24 heavy (non-hydrogen) atoms. The van der Waals surface area contributed by atoms with Gasteiger partial charge in [-0.2, -0.15) is 0 Å². The van der Waals surface area contributed by atoms with Crippen molar-refractivity contribution in [3.05, 3.63) is 52.8 Å². The Morgan fingerprint density at radius 1 is 1.38 bits per heavy atom. The fourth-order valence-electron chi connectivity index (χ4n) is 2.65. The highest BCUT2D eigenvalue weighted by Gasteiger charge is 2.11. The van der Waals surface area contributed by atoms with Crippen LogP contribution in [0.1, 0.15) is 30.2 Å². The lowest BCUT2D eigenvalue weighted by Gasteiger charge is -2.14. The third kappa shape index (κ3) is 4.01. The smallest absolute Gasteiger partial charge is 0.225 e. The van der Waals surface area contributed by atoms with Gasteiger partial charge >= 0.3 is 0 Å². The van der Waals surface area contributed by atoms with Crippen molar-refractivity contribution in [1.29, 1.82) is 0 Å². The van der Waals surface area contributed by atoms with Crippen LogP contribution in [0.15, 0.2) is 36.0 Å². The number of thiazole rings is 1. The molecule has 2 heterocycles. The van der Waals surface area contributed by atoms with Crippen molar-refractivity contribution in [2.45, 2.75) is 39.8 Å². The molecule has 2 N–H and O–H groups in total. The molecule has 0 aliphatic heterocycles. The van der Waals surface area contributed by atoms with Crippen LogP contribution in [-0.2, 0) is 11.3 Å². The Labute approximate surface area is 145 Å². The number of carbonyl (C=O) groups excluding carboxylic acids is 1. The number of nitrogens with one attached hydrogen (secondary N) is 2. The van der Waals surface area contributed by atoms with Gasteiger partial charge in [-0.3, -0.25) is 9.20 Å². The Morgan fingerprint density at radius 2 is 2.21 bits per heavy atom. The summed E-state index contributed by atoms with van der Waals surface area (Å²) in [5.41, 5.74) is 4.15. The highest BCUT2D eigenvalue weighted by atomic mass is 32.1. The van der Waals surface area contributed by atoms with Gasteiger partial charge in [-0.05, 0) is 32.4 Å². The van der Waals surface area contributed by atoms with Crippen LogP contribution in [0.25, 0.3) is 4.96 Å². The van der Waals surface area contributed by atoms with Crippen molar-refractivity contribution in [1.82, 2.24) is 14.7 Å². The lowest BCUT2D eigenvalue weighted by Crippen LogP contribution is -2.30. The first kappa shape index (κ1) is 16.7. The number of carbonyl (C=O) groups is 1. The van der Waals surface area contributed by atoms with Crippen LogP contribution in [-0.4, -0.2) is 21.3 Å². The van der Waals surface area contributed by atoms with E-state index >= 15 is 0 Å². The van der Waals surface area contributed by atoms with Gasteiger partial charge in [0, 0.05) is 42.5 Å². The van der Waals surface area contributed by atoms with Crippen molar-refractivity contribution in [2.24, 2.45) is 0 Å². The topological polar surface area (TPSA) is 58.4 Å². The number of imidazole rings is 1. The number of aryl methyl sites for hydroxylation is 2. The van der Waals surface area contributed by atoms with Gasteiger partial charge < -0.3 is 10.6 Å². The average Bonchev–Trinajstić information content (AvgIpc) is 3.09. The first-order valence-corrected chi connectivity index (χ1v) is 8.91. The van der Waals surface area contributed by atoms with E-state index in [1.165, 1.54) is 5.56 Å². The van der Waals surface area contributed by atoms with Crippen LogP contribution in [0.2, 0.25) is 0 Å². The minimum atomic E-state index is 0.0211. The summed E-state index contributed by atoms with van der Waals surface area (Å²) < 4.78 is 2.01. The fourth-order valence-corrected chi connectivity index (χ4v) is 3.36. The lowest BCUT2D eigenvalue weighted by atomic mass is 10.1. The third-order valence-electron chi connectivity index (χ3n) is 3.92. The van der Waals surface area contributed by atoms with Crippen LogP contribution in [0.3, 0.4) is 0 Å². The van der Waals surface area contributed by atoms with E-state index < -0.39 is 0 Å². The van der Waals surface area contributed by atoms with E-state index in [-0.39, 0.29) is 11.9 Å². The number of aromatic nitrogens is 2. The number of amides is 1. The van der Waals surface area contributed by atoms with Crippen LogP contribution >= 0.6 is 11.3 Å². The molecule has 5 nitrogen and oxygen atoms in total. The number of hydrogen-bond donors (Lipinski definition) is 2. The summed E-state index contributed by atoms with van der Waals surface area (Å²) in [6.07, 6.45) is 4.44. The van der Waals surface area contributed by atoms with E-state index in [1.807, 2.05) is 55.1 Å². The minimum absolute atomic E-state index is 0.0211. The maximum absolute atomic E-state index is 12.2. The molecule has 0 saturated heterocycles. The number of anilines is 1. The van der Waals surface area contributed by atoms with Gasteiger partial charge in [-0.15, -0.1) is 11.3 Å². The second-order valence-corrected chi connectivity index (χ2v) is 7.05. The molecule has 0 fully saturated rings. The highest BCUT2D eigenvalue weighted by molar-refractivity contribution is 7.15. The zero-order valence-electron chi connectivity index (χ0n) is 14.2. The van der Waals surface area contributed by atoms with Crippen LogP contribution in [0.4, 0.5) is 5.69 Å². The molecular weight excluding hydrogens is 320 g/mol. The Balaban J connectivity index is 1.49. The van der Waals surface area contributed by atoms with Gasteiger partial charge in [0.05, 0.1) is 5.69 Å². The van der Waals surface area contributed by atoms with E-state index in [0.29, 0.717) is 13.0 Å². The van der Waals surface area contributed by atoms with Gasteiger partial charge in [0.25, 0.3) is 0 Å². The molecule has 0 bridgehead atoms. The van der Waals surface area contributed by atoms with Gasteiger partial charge in [-0.25, -0.2) is 4.98 Å². The Morgan fingerprint density at radius 3 is 2.96 bits per heavy atom. The second-order valence-electron chi connectivity index (χ2n) is 6.18. The van der Waals surface area contributed by atoms with Crippen molar-refractivity contribution in [3.63, 3.8) is 0 Å². The number of nitrogens with zero attached hydrogens (tertiary/aromatic N) is 2. The molecule has 0 unspecified atom stereocenters. The maximum atomic E-state index is 12.2. The Bertz CT molecular complexity index is 823. The molecule has 0 aliphatic carbocycles. The van der Waals surface area contributed by atoms with Crippen LogP contribution in [0, 0.1) is 13.8 Å². The second kappa shape index (κ2) is 7.15. The average molecular weight is 342 g/mol. The monoisotopic (exact) mass is 342 g/mol. The highest BCUT2D eigenvalue weighted by Crippen LogP contribution is 2.16. The van der Waals surface area contributed by atoms with E-state index in [2.05, 4.69) is 21.7 Å². The summed E-state index contributed by atoms with van der Waals surface area (Å²) >= 11 is 1.62. The predicted octanol–water partition coefficient (Wildman–Crippen LogP) is 3.52. The molecule has 0 saturated carbocycles. The third-order valence-corrected chi connectivity index (χ3v) is 4.69. The molecule has 3 rings (SSSR count). The molecule has 1 amide bonds. The summed E-state index contributed by atoms with van der Waals surface area (Å²) in [6.45, 7) is 6.73. The first-order chi connectivity index (χ1) is 11.5. The standard InChI is InChI=1S/C18H22N4OS/c1-12-4-5-16(13(2)8-12)21-17(23)9-14(3)19-10-15-11-22-6-7-24-18(22)20-15/h4-8,11,14,19H,9-10H2,1-3H3,(H,21,23)/t14-/m0/s1. The summed E-state index contributed by atoms with van der Waals surface area (Å²) in [6, 6.07) is 6.12. The normalized spacial score (nSPS) is 12.5. The van der Waals surface area contributed by atoms with Gasteiger partial charge in [0.15, 0.2) is 4.96 Å². The number of hydrogen-bond acceptors (Lipinski definition) is 4. The molecule has 0 radical (unpaired) electrons. The van der Waals surface area contributed by atoms with E-state index in [9.17, 15) is 4.79 Å². The molecule has 0 aliphatic rings. The zero-order chi connectivity index (χ0) is 17.1. The molecule has 3 aromatic rings. The van der Waals surface area contributed by atoms with E-state index in [4.69, 9.17) is 0 Å². The number of rotatable bonds is 6. The van der Waals surface area contributed by atoms with E-state index in [0.717, 1.165) is 21.9 Å². The van der Waals surface area contributed by atoms with Crippen molar-refractivity contribution < 1.29 is 4.79 Å². The van der Waals surface area contributed by atoms with Crippen LogP contribution in [0.5, 0.6) is 0 Å². The Hall–Kier alpha value is -2.18. The van der Waals surface area contributed by atoms with Gasteiger partial charge in [0.1, 0.15) is 0 Å². The molecule has 126 valence electrons. The van der Waals surface area contributed by atoms with E-state index in [1.54, 1.807) is 11.3 Å². The van der Waals surface area contributed by atoms with Gasteiger partial charge in [0.2, 0.25) is 5.91 Å².